The summed E-state index contributed by atoms with van der Waals surface area (Å²) in [4.78, 5) is 11.2. The third-order valence-corrected chi connectivity index (χ3v) is 1.83. The summed E-state index contributed by atoms with van der Waals surface area (Å²) in [5.74, 6) is -0.0158. The summed E-state index contributed by atoms with van der Waals surface area (Å²) in [6.07, 6.45) is 1.95. The minimum atomic E-state index is -0.102. The van der Waals surface area contributed by atoms with Crippen LogP contribution in [0.15, 0.2) is 0 Å². The van der Waals surface area contributed by atoms with E-state index in [9.17, 15) is 4.79 Å². The standard InChI is InChI=1S/C9H19NO3/c1-3-8(7-11)10-9(12)5-4-6-13-2/h8,11H,3-7H2,1-2H3,(H,10,12)/t8-/m0/s1. The molecule has 0 rings (SSSR count). The summed E-state index contributed by atoms with van der Waals surface area (Å²) in [7, 11) is 1.61. The highest BCUT2D eigenvalue weighted by Crippen LogP contribution is 1.93. The van der Waals surface area contributed by atoms with Crippen LogP contribution in [0.5, 0.6) is 0 Å². The minimum absolute atomic E-state index is 0.00647. The van der Waals surface area contributed by atoms with E-state index in [2.05, 4.69) is 5.32 Å². The molecule has 0 aliphatic heterocycles. The van der Waals surface area contributed by atoms with Gasteiger partial charge >= 0.3 is 0 Å². The zero-order valence-electron chi connectivity index (χ0n) is 8.38. The highest BCUT2D eigenvalue weighted by Gasteiger charge is 2.07. The van der Waals surface area contributed by atoms with Gasteiger partial charge in [-0.25, -0.2) is 0 Å². The zero-order valence-corrected chi connectivity index (χ0v) is 8.38. The van der Waals surface area contributed by atoms with Crippen molar-refractivity contribution in [3.8, 4) is 0 Å². The van der Waals surface area contributed by atoms with Crippen LogP contribution in [0.1, 0.15) is 26.2 Å². The number of amides is 1. The molecule has 4 nitrogen and oxygen atoms in total. The van der Waals surface area contributed by atoms with Crippen LogP contribution in [0.25, 0.3) is 0 Å². The van der Waals surface area contributed by atoms with Crippen molar-refractivity contribution in [2.75, 3.05) is 20.3 Å². The molecular weight excluding hydrogens is 170 g/mol. The van der Waals surface area contributed by atoms with Gasteiger partial charge in [-0.1, -0.05) is 6.92 Å². The highest BCUT2D eigenvalue weighted by molar-refractivity contribution is 5.76. The van der Waals surface area contributed by atoms with Crippen LogP contribution in [0.2, 0.25) is 0 Å². The average molecular weight is 189 g/mol. The molecule has 0 saturated heterocycles. The van der Waals surface area contributed by atoms with Gasteiger partial charge in [-0.05, 0) is 12.8 Å². The molecule has 0 aromatic rings. The number of carbonyl (C=O) groups excluding carboxylic acids is 1. The van der Waals surface area contributed by atoms with Crippen LogP contribution >= 0.6 is 0 Å². The summed E-state index contributed by atoms with van der Waals surface area (Å²) in [6, 6.07) is -0.102. The third-order valence-electron chi connectivity index (χ3n) is 1.83. The Balaban J connectivity index is 3.48. The fourth-order valence-electron chi connectivity index (χ4n) is 0.954. The van der Waals surface area contributed by atoms with Gasteiger partial charge in [0.15, 0.2) is 0 Å². The van der Waals surface area contributed by atoms with Crippen molar-refractivity contribution in [3.05, 3.63) is 0 Å². The van der Waals surface area contributed by atoms with Crippen molar-refractivity contribution < 1.29 is 14.6 Å². The Morgan fingerprint density at radius 1 is 1.62 bits per heavy atom. The summed E-state index contributed by atoms with van der Waals surface area (Å²) < 4.78 is 4.82. The lowest BCUT2D eigenvalue weighted by Crippen LogP contribution is -2.36. The number of ether oxygens (including phenoxy) is 1. The lowest BCUT2D eigenvalue weighted by atomic mass is 10.2. The van der Waals surface area contributed by atoms with E-state index >= 15 is 0 Å². The van der Waals surface area contributed by atoms with Crippen molar-refractivity contribution in [1.82, 2.24) is 5.32 Å². The number of nitrogens with one attached hydrogen (secondary N) is 1. The van der Waals surface area contributed by atoms with Crippen molar-refractivity contribution >= 4 is 5.91 Å². The van der Waals surface area contributed by atoms with Gasteiger partial charge in [-0.15, -0.1) is 0 Å². The summed E-state index contributed by atoms with van der Waals surface area (Å²) in [5, 5.41) is 11.5. The van der Waals surface area contributed by atoms with E-state index in [1.165, 1.54) is 0 Å². The largest absolute Gasteiger partial charge is 0.394 e. The van der Waals surface area contributed by atoms with Crippen LogP contribution < -0.4 is 5.32 Å². The van der Waals surface area contributed by atoms with Crippen LogP contribution in [-0.4, -0.2) is 37.4 Å². The Kier molecular flexibility index (Phi) is 7.63. The number of aliphatic hydroxyl groups is 1. The van der Waals surface area contributed by atoms with E-state index < -0.39 is 0 Å². The quantitative estimate of drug-likeness (QED) is 0.566. The second-order valence-corrected chi connectivity index (χ2v) is 2.95. The molecule has 0 spiro atoms. The molecule has 0 fully saturated rings. The molecule has 0 aliphatic carbocycles. The number of rotatable bonds is 7. The molecule has 0 heterocycles. The minimum Gasteiger partial charge on any atom is -0.394 e. The molecule has 0 aromatic carbocycles. The number of hydrogen-bond acceptors (Lipinski definition) is 3. The predicted molar refractivity (Wildman–Crippen MR) is 50.4 cm³/mol. The van der Waals surface area contributed by atoms with E-state index in [0.29, 0.717) is 13.0 Å². The molecule has 78 valence electrons. The van der Waals surface area contributed by atoms with Crippen LogP contribution in [-0.2, 0) is 9.53 Å². The van der Waals surface area contributed by atoms with Crippen molar-refractivity contribution in [2.24, 2.45) is 0 Å². The van der Waals surface area contributed by atoms with Crippen molar-refractivity contribution in [2.45, 2.75) is 32.2 Å². The molecule has 0 saturated carbocycles. The fourth-order valence-corrected chi connectivity index (χ4v) is 0.954. The number of aliphatic hydroxyl groups excluding tert-OH is 1. The molecule has 0 radical (unpaired) electrons. The summed E-state index contributed by atoms with van der Waals surface area (Å²) in [6.45, 7) is 2.53. The molecule has 0 aliphatic rings. The van der Waals surface area contributed by atoms with E-state index in [1.807, 2.05) is 6.92 Å². The Bertz CT molecular complexity index is 135. The number of carbonyl (C=O) groups is 1. The van der Waals surface area contributed by atoms with Gasteiger partial charge in [0.05, 0.1) is 12.6 Å². The molecule has 13 heavy (non-hydrogen) atoms. The van der Waals surface area contributed by atoms with Gasteiger partial charge in [0, 0.05) is 20.1 Å². The Hall–Kier alpha value is -0.610. The molecule has 0 aromatic heterocycles. The monoisotopic (exact) mass is 189 g/mol. The Morgan fingerprint density at radius 3 is 2.77 bits per heavy atom. The smallest absolute Gasteiger partial charge is 0.220 e. The lowest BCUT2D eigenvalue weighted by molar-refractivity contribution is -0.122. The summed E-state index contributed by atoms with van der Waals surface area (Å²) in [5.41, 5.74) is 0. The van der Waals surface area contributed by atoms with Gasteiger partial charge in [-0.2, -0.15) is 0 Å². The van der Waals surface area contributed by atoms with E-state index in [0.717, 1.165) is 12.8 Å². The first-order valence-corrected chi connectivity index (χ1v) is 4.63. The van der Waals surface area contributed by atoms with Crippen LogP contribution in [0.4, 0.5) is 0 Å². The van der Waals surface area contributed by atoms with Gasteiger partial charge in [0.2, 0.25) is 5.91 Å². The second kappa shape index (κ2) is 8.01. The fraction of sp³-hybridized carbons (Fsp3) is 0.889. The topological polar surface area (TPSA) is 58.6 Å². The first kappa shape index (κ1) is 12.4. The van der Waals surface area contributed by atoms with E-state index in [4.69, 9.17) is 9.84 Å². The zero-order chi connectivity index (χ0) is 10.1. The predicted octanol–water partition coefficient (Wildman–Crippen LogP) is 0.300. The number of hydrogen-bond donors (Lipinski definition) is 2. The first-order chi connectivity index (χ1) is 6.24. The average Bonchev–Trinajstić information content (AvgIpc) is 2.14. The lowest BCUT2D eigenvalue weighted by Gasteiger charge is -2.13. The van der Waals surface area contributed by atoms with Gasteiger partial charge in [0.25, 0.3) is 0 Å². The molecule has 1 amide bonds. The second-order valence-electron chi connectivity index (χ2n) is 2.95. The SMILES string of the molecule is CC[C@@H](CO)NC(=O)CCCOC. The first-order valence-electron chi connectivity index (χ1n) is 4.63. The maximum Gasteiger partial charge on any atom is 0.220 e. The van der Waals surface area contributed by atoms with E-state index in [1.54, 1.807) is 7.11 Å². The molecule has 0 bridgehead atoms. The van der Waals surface area contributed by atoms with Crippen LogP contribution in [0, 0.1) is 0 Å². The maximum atomic E-state index is 11.2. The van der Waals surface area contributed by atoms with E-state index in [-0.39, 0.29) is 18.6 Å². The maximum absolute atomic E-state index is 11.2. The molecular formula is C9H19NO3. The summed E-state index contributed by atoms with van der Waals surface area (Å²) >= 11 is 0. The molecule has 2 N–H and O–H groups in total. The third kappa shape index (κ3) is 6.54. The number of methoxy groups -OCH3 is 1. The van der Waals surface area contributed by atoms with Gasteiger partial charge in [0.1, 0.15) is 0 Å². The van der Waals surface area contributed by atoms with Crippen LogP contribution in [0.3, 0.4) is 0 Å². The molecule has 1 atom stereocenters. The molecule has 4 heteroatoms. The van der Waals surface area contributed by atoms with Gasteiger partial charge in [-0.3, -0.25) is 4.79 Å². The van der Waals surface area contributed by atoms with Crippen molar-refractivity contribution in [3.63, 3.8) is 0 Å². The normalized spacial score (nSPS) is 12.5. The Labute approximate surface area is 79.3 Å². The molecule has 0 unspecified atom stereocenters. The van der Waals surface area contributed by atoms with Gasteiger partial charge < -0.3 is 15.2 Å². The highest BCUT2D eigenvalue weighted by atomic mass is 16.5. The Morgan fingerprint density at radius 2 is 2.31 bits per heavy atom. The van der Waals surface area contributed by atoms with Crippen molar-refractivity contribution in [1.29, 1.82) is 0 Å².